The van der Waals surface area contributed by atoms with E-state index in [4.69, 9.17) is 9.47 Å². The normalized spacial score (nSPS) is 19.0. The molecule has 1 aliphatic heterocycles. The van der Waals surface area contributed by atoms with Crippen LogP contribution in [-0.4, -0.2) is 38.2 Å². The second kappa shape index (κ2) is 8.34. The Kier molecular flexibility index (Phi) is 6.15. The molecule has 2 atom stereocenters. The van der Waals surface area contributed by atoms with Gasteiger partial charge in [0.15, 0.2) is 0 Å². The molecule has 2 rings (SSSR count). The maximum Gasteiger partial charge on any atom is 0.328 e. The largest absolute Gasteiger partial charge is 0.467 e. The van der Waals surface area contributed by atoms with Crippen LogP contribution in [0, 0.1) is 5.92 Å². The summed E-state index contributed by atoms with van der Waals surface area (Å²) in [6.07, 6.45) is 4.86. The predicted octanol–water partition coefficient (Wildman–Crippen LogP) is 1.78. The molecule has 0 bridgehead atoms. The average Bonchev–Trinajstić information content (AvgIpc) is 3.08. The van der Waals surface area contributed by atoms with Crippen LogP contribution >= 0.6 is 0 Å². The second-order valence-electron chi connectivity index (χ2n) is 5.19. The molecule has 1 heterocycles. The molecule has 1 aromatic carbocycles. The standard InChI is InChI=1S/C17H21NO4/c1-21-17(20)15(18-16(19)14-10-11-22-12-14)9-5-8-13-6-3-2-4-7-13/h2-8,14-15H,9-12H2,1H3,(H,18,19)/b8-5+/t14-,15+/m1/s1. The number of amides is 1. The molecule has 0 spiro atoms. The zero-order valence-corrected chi connectivity index (χ0v) is 12.7. The Bertz CT molecular complexity index is 521. The van der Waals surface area contributed by atoms with Crippen molar-refractivity contribution in [3.8, 4) is 0 Å². The molecule has 0 radical (unpaired) electrons. The van der Waals surface area contributed by atoms with Crippen LogP contribution in [0.25, 0.3) is 6.08 Å². The smallest absolute Gasteiger partial charge is 0.328 e. The summed E-state index contributed by atoms with van der Waals surface area (Å²) in [5, 5.41) is 2.75. The third-order valence-electron chi connectivity index (χ3n) is 3.58. The Balaban J connectivity index is 1.92. The molecule has 1 N–H and O–H groups in total. The van der Waals surface area contributed by atoms with Gasteiger partial charge in [0, 0.05) is 6.61 Å². The van der Waals surface area contributed by atoms with E-state index in [0.29, 0.717) is 26.1 Å². The van der Waals surface area contributed by atoms with E-state index in [9.17, 15) is 9.59 Å². The molecular formula is C17H21NO4. The lowest BCUT2D eigenvalue weighted by Crippen LogP contribution is -2.44. The van der Waals surface area contributed by atoms with E-state index in [2.05, 4.69) is 5.32 Å². The lowest BCUT2D eigenvalue weighted by Gasteiger charge is -2.17. The number of carbonyl (C=O) groups is 2. The van der Waals surface area contributed by atoms with Gasteiger partial charge >= 0.3 is 5.97 Å². The molecular weight excluding hydrogens is 282 g/mol. The Morgan fingerprint density at radius 1 is 1.41 bits per heavy atom. The fourth-order valence-electron chi connectivity index (χ4n) is 2.29. The van der Waals surface area contributed by atoms with E-state index in [-0.39, 0.29) is 11.8 Å². The highest BCUT2D eigenvalue weighted by Gasteiger charge is 2.27. The maximum atomic E-state index is 12.1. The van der Waals surface area contributed by atoms with Crippen molar-refractivity contribution in [3.05, 3.63) is 42.0 Å². The average molecular weight is 303 g/mol. The van der Waals surface area contributed by atoms with E-state index in [1.54, 1.807) is 0 Å². The van der Waals surface area contributed by atoms with Gasteiger partial charge < -0.3 is 14.8 Å². The molecule has 118 valence electrons. The van der Waals surface area contributed by atoms with Crippen molar-refractivity contribution in [1.82, 2.24) is 5.32 Å². The topological polar surface area (TPSA) is 64.6 Å². The number of ether oxygens (including phenoxy) is 2. The molecule has 1 aliphatic rings. The summed E-state index contributed by atoms with van der Waals surface area (Å²) in [4.78, 5) is 23.9. The highest BCUT2D eigenvalue weighted by atomic mass is 16.5. The van der Waals surface area contributed by atoms with Gasteiger partial charge in [0.2, 0.25) is 5.91 Å². The van der Waals surface area contributed by atoms with Crippen molar-refractivity contribution in [1.29, 1.82) is 0 Å². The maximum absolute atomic E-state index is 12.1. The van der Waals surface area contributed by atoms with E-state index in [0.717, 1.165) is 5.56 Å². The van der Waals surface area contributed by atoms with Crippen molar-refractivity contribution in [2.75, 3.05) is 20.3 Å². The summed E-state index contributed by atoms with van der Waals surface area (Å²) < 4.78 is 9.95. The Morgan fingerprint density at radius 3 is 2.82 bits per heavy atom. The SMILES string of the molecule is COC(=O)[C@H](C/C=C/c1ccccc1)NC(=O)[C@@H]1CCOC1. The molecule has 5 heteroatoms. The number of methoxy groups -OCH3 is 1. The molecule has 0 saturated carbocycles. The van der Waals surface area contributed by atoms with Crippen LogP contribution in [0.3, 0.4) is 0 Å². The highest BCUT2D eigenvalue weighted by molar-refractivity contribution is 5.86. The first-order chi connectivity index (χ1) is 10.7. The minimum atomic E-state index is -0.668. The van der Waals surface area contributed by atoms with Crippen LogP contribution < -0.4 is 5.32 Å². The Hall–Kier alpha value is -2.14. The van der Waals surface area contributed by atoms with Gasteiger partial charge in [0.1, 0.15) is 6.04 Å². The van der Waals surface area contributed by atoms with Crippen LogP contribution in [0.4, 0.5) is 0 Å². The summed E-state index contributed by atoms with van der Waals surface area (Å²) in [5.41, 5.74) is 1.04. The molecule has 0 aromatic heterocycles. The number of carbonyl (C=O) groups excluding carboxylic acids is 2. The van der Waals surface area contributed by atoms with Crippen molar-refractivity contribution >= 4 is 18.0 Å². The minimum absolute atomic E-state index is 0.152. The quantitative estimate of drug-likeness (QED) is 0.814. The van der Waals surface area contributed by atoms with Crippen LogP contribution in [0.2, 0.25) is 0 Å². The summed E-state index contributed by atoms with van der Waals surface area (Å²) in [6.45, 7) is 1.01. The molecule has 1 aromatic rings. The minimum Gasteiger partial charge on any atom is -0.467 e. The highest BCUT2D eigenvalue weighted by Crippen LogP contribution is 2.13. The molecule has 0 unspecified atom stereocenters. The number of esters is 1. The monoisotopic (exact) mass is 303 g/mol. The molecule has 1 amide bonds. The summed E-state index contributed by atoms with van der Waals surface area (Å²) >= 11 is 0. The number of nitrogens with one attached hydrogen (secondary N) is 1. The van der Waals surface area contributed by atoms with Crippen LogP contribution in [0.5, 0.6) is 0 Å². The van der Waals surface area contributed by atoms with Gasteiger partial charge in [-0.3, -0.25) is 4.79 Å². The molecule has 1 saturated heterocycles. The number of hydrogen-bond acceptors (Lipinski definition) is 4. The summed E-state index contributed by atoms with van der Waals surface area (Å²) in [7, 11) is 1.32. The third kappa shape index (κ3) is 4.70. The van der Waals surface area contributed by atoms with Gasteiger partial charge in [-0.15, -0.1) is 0 Å². The van der Waals surface area contributed by atoms with Gasteiger partial charge in [-0.25, -0.2) is 4.79 Å². The van der Waals surface area contributed by atoms with Gasteiger partial charge in [0.25, 0.3) is 0 Å². The molecule has 22 heavy (non-hydrogen) atoms. The first-order valence-corrected chi connectivity index (χ1v) is 7.38. The van der Waals surface area contributed by atoms with Crippen LogP contribution in [0.1, 0.15) is 18.4 Å². The first-order valence-electron chi connectivity index (χ1n) is 7.38. The third-order valence-corrected chi connectivity index (χ3v) is 3.58. The Morgan fingerprint density at radius 2 is 2.18 bits per heavy atom. The molecule has 1 fully saturated rings. The zero-order valence-electron chi connectivity index (χ0n) is 12.7. The van der Waals surface area contributed by atoms with Crippen LogP contribution in [-0.2, 0) is 19.1 Å². The molecule has 5 nitrogen and oxygen atoms in total. The number of rotatable bonds is 6. The zero-order chi connectivity index (χ0) is 15.8. The van der Waals surface area contributed by atoms with Crippen molar-refractivity contribution in [2.24, 2.45) is 5.92 Å². The molecule has 0 aliphatic carbocycles. The van der Waals surface area contributed by atoms with Gasteiger partial charge in [-0.1, -0.05) is 42.5 Å². The number of benzene rings is 1. The lowest BCUT2D eigenvalue weighted by molar-refractivity contribution is -0.145. The second-order valence-corrected chi connectivity index (χ2v) is 5.19. The van der Waals surface area contributed by atoms with E-state index < -0.39 is 12.0 Å². The van der Waals surface area contributed by atoms with Crippen LogP contribution in [0.15, 0.2) is 36.4 Å². The summed E-state index contributed by atoms with van der Waals surface area (Å²) in [5.74, 6) is -0.767. The van der Waals surface area contributed by atoms with Gasteiger partial charge in [-0.2, -0.15) is 0 Å². The van der Waals surface area contributed by atoms with E-state index in [1.807, 2.05) is 42.5 Å². The fraction of sp³-hybridized carbons (Fsp3) is 0.412. The first kappa shape index (κ1) is 16.2. The lowest BCUT2D eigenvalue weighted by atomic mass is 10.1. The fourth-order valence-corrected chi connectivity index (χ4v) is 2.29. The van der Waals surface area contributed by atoms with E-state index in [1.165, 1.54) is 7.11 Å². The van der Waals surface area contributed by atoms with Crippen molar-refractivity contribution < 1.29 is 19.1 Å². The van der Waals surface area contributed by atoms with Crippen molar-refractivity contribution in [3.63, 3.8) is 0 Å². The summed E-state index contributed by atoms with van der Waals surface area (Å²) in [6, 6.07) is 9.10. The van der Waals surface area contributed by atoms with Gasteiger partial charge in [0.05, 0.1) is 19.6 Å². The van der Waals surface area contributed by atoms with Gasteiger partial charge in [-0.05, 0) is 18.4 Å². The van der Waals surface area contributed by atoms with E-state index >= 15 is 0 Å². The Labute approximate surface area is 130 Å². The number of hydrogen-bond donors (Lipinski definition) is 1. The van der Waals surface area contributed by atoms with Crippen molar-refractivity contribution in [2.45, 2.75) is 18.9 Å². The predicted molar refractivity (Wildman–Crippen MR) is 83.0 cm³/mol.